The summed E-state index contributed by atoms with van der Waals surface area (Å²) in [4.78, 5) is 34.5. The second kappa shape index (κ2) is 7.12. The molecule has 7 heteroatoms. The maximum atomic E-state index is 13.6. The van der Waals surface area contributed by atoms with Crippen LogP contribution in [0.25, 0.3) is 21.2 Å². The number of fused-ring (bicyclic) bond motifs is 3. The van der Waals surface area contributed by atoms with Gasteiger partial charge >= 0.3 is 0 Å². The number of rotatable bonds is 3. The fourth-order valence-corrected chi connectivity index (χ4v) is 6.16. The first-order chi connectivity index (χ1) is 15.5. The number of amides is 1. The van der Waals surface area contributed by atoms with Crippen molar-refractivity contribution < 1.29 is 9.21 Å². The number of nitrogens with zero attached hydrogens (tertiary/aromatic N) is 2. The van der Waals surface area contributed by atoms with E-state index < -0.39 is 6.04 Å². The highest BCUT2D eigenvalue weighted by Gasteiger charge is 2.45. The highest BCUT2D eigenvalue weighted by atomic mass is 32.1. The Hall–Kier alpha value is -3.29. The van der Waals surface area contributed by atoms with E-state index in [9.17, 15) is 9.59 Å². The molecular weight excluding hydrogens is 440 g/mol. The van der Waals surface area contributed by atoms with Crippen molar-refractivity contribution in [1.82, 2.24) is 4.98 Å². The number of thiophene rings is 1. The molecule has 0 spiro atoms. The predicted octanol–water partition coefficient (Wildman–Crippen LogP) is 6.08. The number of aryl methyl sites for hydroxylation is 2. The standard InChI is InChI=1S/C25H18N2O3S2/c1-3-14-7-8-16-19(12-14)32-25(26-16)27-21(18-5-4-10-31-18)20-22(28)15-11-13(2)6-9-17(15)30-23(20)24(27)29/h4-12,21H,3H2,1-2H3. The molecule has 1 amide bonds. The van der Waals surface area contributed by atoms with Crippen LogP contribution in [0.15, 0.2) is 63.1 Å². The van der Waals surface area contributed by atoms with Crippen molar-refractivity contribution in [3.05, 3.63) is 91.5 Å². The molecular formula is C25H18N2O3S2. The molecule has 0 fully saturated rings. The van der Waals surface area contributed by atoms with Crippen molar-refractivity contribution in [2.45, 2.75) is 26.3 Å². The first-order valence-corrected chi connectivity index (χ1v) is 12.1. The van der Waals surface area contributed by atoms with Crippen molar-refractivity contribution >= 4 is 54.9 Å². The molecule has 0 aliphatic carbocycles. The first kappa shape index (κ1) is 19.4. The van der Waals surface area contributed by atoms with Crippen LogP contribution in [0, 0.1) is 6.92 Å². The summed E-state index contributed by atoms with van der Waals surface area (Å²) in [5.41, 5.74) is 3.69. The average Bonchev–Trinajstić information content (AvgIpc) is 3.52. The van der Waals surface area contributed by atoms with E-state index in [0.29, 0.717) is 21.7 Å². The lowest BCUT2D eigenvalue weighted by Crippen LogP contribution is -2.28. The number of anilines is 1. The Labute approximate surface area is 191 Å². The Morgan fingerprint density at radius 2 is 2.00 bits per heavy atom. The summed E-state index contributed by atoms with van der Waals surface area (Å²) in [5, 5.41) is 3.02. The molecule has 0 radical (unpaired) electrons. The molecule has 2 aromatic carbocycles. The zero-order valence-electron chi connectivity index (χ0n) is 17.4. The molecule has 0 bridgehead atoms. The molecule has 1 aliphatic heterocycles. The Morgan fingerprint density at radius 3 is 2.78 bits per heavy atom. The van der Waals surface area contributed by atoms with Crippen LogP contribution < -0.4 is 10.3 Å². The fourth-order valence-electron chi connectivity index (χ4n) is 4.28. The summed E-state index contributed by atoms with van der Waals surface area (Å²) in [6.45, 7) is 4.05. The van der Waals surface area contributed by atoms with Crippen LogP contribution >= 0.6 is 22.7 Å². The summed E-state index contributed by atoms with van der Waals surface area (Å²) < 4.78 is 7.05. The average molecular weight is 459 g/mol. The predicted molar refractivity (Wildman–Crippen MR) is 129 cm³/mol. The van der Waals surface area contributed by atoms with Gasteiger partial charge in [-0.1, -0.05) is 42.0 Å². The van der Waals surface area contributed by atoms with Gasteiger partial charge in [0.15, 0.2) is 10.6 Å². The molecule has 1 aliphatic rings. The number of carbonyl (C=O) groups is 1. The maximum Gasteiger partial charge on any atom is 0.297 e. The zero-order valence-corrected chi connectivity index (χ0v) is 19.0. The van der Waals surface area contributed by atoms with E-state index in [0.717, 1.165) is 27.1 Å². The van der Waals surface area contributed by atoms with E-state index in [4.69, 9.17) is 9.40 Å². The van der Waals surface area contributed by atoms with Gasteiger partial charge in [-0.25, -0.2) is 4.98 Å². The van der Waals surface area contributed by atoms with E-state index in [1.807, 2.05) is 42.6 Å². The van der Waals surface area contributed by atoms with E-state index in [2.05, 4.69) is 19.1 Å². The molecule has 158 valence electrons. The second-order valence-corrected chi connectivity index (χ2v) is 9.91. The van der Waals surface area contributed by atoms with Crippen molar-refractivity contribution in [3.8, 4) is 0 Å². The van der Waals surface area contributed by atoms with Crippen molar-refractivity contribution in [3.63, 3.8) is 0 Å². The number of hydrogen-bond acceptors (Lipinski definition) is 6. The SMILES string of the molecule is CCc1ccc2nc(N3C(=O)c4oc5ccc(C)cc5c(=O)c4C3c3cccs3)sc2c1. The summed E-state index contributed by atoms with van der Waals surface area (Å²) >= 11 is 2.98. The highest BCUT2D eigenvalue weighted by Crippen LogP contribution is 2.44. The van der Waals surface area contributed by atoms with Crippen LogP contribution in [-0.4, -0.2) is 10.9 Å². The fraction of sp³-hybridized carbons (Fsp3) is 0.160. The van der Waals surface area contributed by atoms with Crippen LogP contribution in [0.4, 0.5) is 5.13 Å². The molecule has 0 saturated carbocycles. The lowest BCUT2D eigenvalue weighted by molar-refractivity contribution is 0.0971. The topological polar surface area (TPSA) is 63.4 Å². The van der Waals surface area contributed by atoms with Gasteiger partial charge < -0.3 is 4.42 Å². The van der Waals surface area contributed by atoms with Crippen molar-refractivity contribution in [1.29, 1.82) is 0 Å². The number of aromatic nitrogens is 1. The zero-order chi connectivity index (χ0) is 22.0. The molecule has 0 N–H and O–H groups in total. The van der Waals surface area contributed by atoms with Gasteiger partial charge in [0, 0.05) is 4.88 Å². The summed E-state index contributed by atoms with van der Waals surface area (Å²) in [5.74, 6) is -0.217. The normalized spacial score (nSPS) is 15.8. The van der Waals surface area contributed by atoms with Crippen LogP contribution in [0.5, 0.6) is 0 Å². The molecule has 5 nitrogen and oxygen atoms in total. The quantitative estimate of drug-likeness (QED) is 0.328. The van der Waals surface area contributed by atoms with Gasteiger partial charge in [-0.3, -0.25) is 14.5 Å². The number of hydrogen-bond donors (Lipinski definition) is 0. The Kier molecular flexibility index (Phi) is 4.31. The third-order valence-corrected chi connectivity index (χ3v) is 7.84. The lowest BCUT2D eigenvalue weighted by atomic mass is 10.0. The number of benzene rings is 2. The monoisotopic (exact) mass is 458 g/mol. The minimum absolute atomic E-state index is 0.109. The summed E-state index contributed by atoms with van der Waals surface area (Å²) in [6, 6.07) is 15.0. The Bertz CT molecular complexity index is 1580. The van der Waals surface area contributed by atoms with E-state index in [1.165, 1.54) is 28.2 Å². The van der Waals surface area contributed by atoms with Gasteiger partial charge in [0.2, 0.25) is 5.76 Å². The Morgan fingerprint density at radius 1 is 1.12 bits per heavy atom. The molecule has 3 aromatic heterocycles. The molecule has 1 atom stereocenters. The van der Waals surface area contributed by atoms with Gasteiger partial charge in [0.1, 0.15) is 11.6 Å². The smallest absolute Gasteiger partial charge is 0.297 e. The minimum Gasteiger partial charge on any atom is -0.450 e. The highest BCUT2D eigenvalue weighted by molar-refractivity contribution is 7.22. The van der Waals surface area contributed by atoms with Gasteiger partial charge in [-0.15, -0.1) is 11.3 Å². The van der Waals surface area contributed by atoms with E-state index in [1.54, 1.807) is 11.0 Å². The molecule has 1 unspecified atom stereocenters. The number of carbonyl (C=O) groups excluding carboxylic acids is 1. The molecule has 0 saturated heterocycles. The van der Waals surface area contributed by atoms with Gasteiger partial charge in [0.05, 0.1) is 21.2 Å². The summed E-state index contributed by atoms with van der Waals surface area (Å²) in [6.07, 6.45) is 0.930. The minimum atomic E-state index is -0.551. The maximum absolute atomic E-state index is 13.6. The van der Waals surface area contributed by atoms with Gasteiger partial charge in [-0.05, 0) is 54.6 Å². The second-order valence-electron chi connectivity index (χ2n) is 7.92. The van der Waals surface area contributed by atoms with Crippen molar-refractivity contribution in [2.24, 2.45) is 0 Å². The molecule has 4 heterocycles. The first-order valence-electron chi connectivity index (χ1n) is 10.4. The number of thiazole rings is 1. The third-order valence-electron chi connectivity index (χ3n) is 5.89. The van der Waals surface area contributed by atoms with Gasteiger partial charge in [-0.2, -0.15) is 0 Å². The van der Waals surface area contributed by atoms with E-state index >= 15 is 0 Å². The largest absolute Gasteiger partial charge is 0.450 e. The lowest BCUT2D eigenvalue weighted by Gasteiger charge is -2.20. The van der Waals surface area contributed by atoms with Crippen molar-refractivity contribution in [2.75, 3.05) is 4.90 Å². The van der Waals surface area contributed by atoms with Gasteiger partial charge in [0.25, 0.3) is 5.91 Å². The summed E-state index contributed by atoms with van der Waals surface area (Å²) in [7, 11) is 0. The van der Waals surface area contributed by atoms with Crippen LogP contribution in [0.3, 0.4) is 0 Å². The third kappa shape index (κ3) is 2.78. The molecule has 5 aromatic rings. The van der Waals surface area contributed by atoms with E-state index in [-0.39, 0.29) is 17.1 Å². The van der Waals surface area contributed by atoms with Crippen LogP contribution in [0.1, 0.15) is 45.1 Å². The van der Waals surface area contributed by atoms with Crippen LogP contribution in [0.2, 0.25) is 0 Å². The molecule has 32 heavy (non-hydrogen) atoms. The Balaban J connectivity index is 1.61. The molecule has 6 rings (SSSR count). The van der Waals surface area contributed by atoms with Crippen LogP contribution in [-0.2, 0) is 6.42 Å².